The maximum atomic E-state index is 12.2. The van der Waals surface area contributed by atoms with Gasteiger partial charge in [-0.2, -0.15) is 0 Å². The number of aromatic nitrogens is 5. The number of rotatable bonds is 5. The number of anilines is 2. The lowest BCUT2D eigenvalue weighted by Gasteiger charge is -2.32. The van der Waals surface area contributed by atoms with Gasteiger partial charge in [-0.1, -0.05) is 13.8 Å². The fourth-order valence-electron chi connectivity index (χ4n) is 4.31. The summed E-state index contributed by atoms with van der Waals surface area (Å²) in [6, 6.07) is 11.9. The summed E-state index contributed by atoms with van der Waals surface area (Å²) >= 11 is 0. The van der Waals surface area contributed by atoms with E-state index in [0.29, 0.717) is 35.5 Å². The normalized spacial score (nSPS) is 16.6. The van der Waals surface area contributed by atoms with Crippen LogP contribution in [0, 0.1) is 0 Å². The molecule has 3 aromatic heterocycles. The quantitative estimate of drug-likeness (QED) is 0.468. The third-order valence-electron chi connectivity index (χ3n) is 6.50. The Balaban J connectivity index is 1.23. The molecule has 1 aliphatic carbocycles. The molecule has 0 bridgehead atoms. The number of fused-ring (bicyclic) bond motifs is 1. The number of carbonyl (C=O) groups is 1. The van der Waals surface area contributed by atoms with Crippen molar-refractivity contribution in [2.45, 2.75) is 38.0 Å². The second-order valence-corrected chi connectivity index (χ2v) is 9.60. The van der Waals surface area contributed by atoms with Gasteiger partial charge in [0.25, 0.3) is 5.91 Å². The largest absolute Gasteiger partial charge is 0.351 e. The molecule has 0 radical (unpaired) electrons. The van der Waals surface area contributed by atoms with E-state index in [0.717, 1.165) is 16.8 Å². The zero-order valence-corrected chi connectivity index (χ0v) is 19.1. The van der Waals surface area contributed by atoms with Crippen LogP contribution in [0.4, 0.5) is 11.6 Å². The summed E-state index contributed by atoms with van der Waals surface area (Å²) in [4.78, 5) is 30.3. The van der Waals surface area contributed by atoms with Gasteiger partial charge < -0.3 is 15.2 Å². The van der Waals surface area contributed by atoms with Crippen LogP contribution in [-0.2, 0) is 5.41 Å². The number of benzene rings is 1. The van der Waals surface area contributed by atoms with Crippen molar-refractivity contribution in [1.82, 2.24) is 29.8 Å². The first kappa shape index (κ1) is 20.5. The average Bonchev–Trinajstić information content (AvgIpc) is 3.58. The van der Waals surface area contributed by atoms with E-state index in [4.69, 9.17) is 0 Å². The van der Waals surface area contributed by atoms with E-state index in [1.54, 1.807) is 12.4 Å². The molecule has 1 fully saturated rings. The van der Waals surface area contributed by atoms with E-state index in [1.807, 2.05) is 30.6 Å². The molecule has 0 unspecified atom stereocenters. The minimum absolute atomic E-state index is 0.0828. The highest BCUT2D eigenvalue weighted by Crippen LogP contribution is 2.39. The van der Waals surface area contributed by atoms with E-state index in [2.05, 4.69) is 67.3 Å². The van der Waals surface area contributed by atoms with Crippen molar-refractivity contribution in [3.05, 3.63) is 78.1 Å². The Morgan fingerprint density at radius 2 is 1.88 bits per heavy atom. The number of amides is 1. The second-order valence-electron chi connectivity index (χ2n) is 9.60. The number of imidazole rings is 1. The van der Waals surface area contributed by atoms with Crippen LogP contribution in [0.3, 0.4) is 0 Å². The van der Waals surface area contributed by atoms with Gasteiger partial charge in [-0.15, -0.1) is 0 Å². The zero-order valence-electron chi connectivity index (χ0n) is 19.1. The lowest BCUT2D eigenvalue weighted by molar-refractivity contribution is 0.0929. The molecule has 1 aromatic carbocycles. The number of hydrogen-bond acceptors (Lipinski definition) is 6. The molecule has 0 atom stereocenters. The molecule has 170 valence electrons. The van der Waals surface area contributed by atoms with Gasteiger partial charge in [-0.25, -0.2) is 19.9 Å². The van der Waals surface area contributed by atoms with E-state index in [9.17, 15) is 4.79 Å². The fraction of sp³-hybridized carbons (Fsp3) is 0.269. The van der Waals surface area contributed by atoms with Crippen LogP contribution < -0.4 is 10.6 Å². The zero-order chi connectivity index (χ0) is 23.3. The summed E-state index contributed by atoms with van der Waals surface area (Å²) < 4.78 is 2.06. The summed E-state index contributed by atoms with van der Waals surface area (Å²) in [5, 5.41) is 6.19. The number of carbonyl (C=O) groups excluding carboxylic acids is 1. The number of pyridine rings is 1. The van der Waals surface area contributed by atoms with Crippen LogP contribution in [0.1, 0.15) is 54.2 Å². The fourth-order valence-corrected chi connectivity index (χ4v) is 4.31. The highest BCUT2D eigenvalue weighted by molar-refractivity contribution is 5.97. The Bertz CT molecular complexity index is 1390. The predicted molar refractivity (Wildman–Crippen MR) is 129 cm³/mol. The van der Waals surface area contributed by atoms with Gasteiger partial charge in [0.1, 0.15) is 11.6 Å². The highest BCUT2D eigenvalue weighted by Gasteiger charge is 2.32. The molecular formula is C26H25N7O. The van der Waals surface area contributed by atoms with Crippen molar-refractivity contribution in [3.63, 3.8) is 0 Å². The smallest absolute Gasteiger partial charge is 0.253 e. The van der Waals surface area contributed by atoms with Crippen molar-refractivity contribution in [3.8, 4) is 17.1 Å². The molecule has 0 saturated heterocycles. The second kappa shape index (κ2) is 7.76. The molecule has 4 aromatic rings. The van der Waals surface area contributed by atoms with E-state index in [1.165, 1.54) is 18.5 Å². The Labute approximate surface area is 197 Å². The van der Waals surface area contributed by atoms with E-state index >= 15 is 0 Å². The molecule has 8 heteroatoms. The van der Waals surface area contributed by atoms with E-state index < -0.39 is 0 Å². The molecule has 8 nitrogen and oxygen atoms in total. The lowest BCUT2D eigenvalue weighted by Crippen LogP contribution is -2.43. The minimum Gasteiger partial charge on any atom is -0.351 e. The van der Waals surface area contributed by atoms with Crippen molar-refractivity contribution < 1.29 is 4.79 Å². The number of nitrogens with one attached hydrogen (secondary N) is 2. The molecule has 4 heterocycles. The van der Waals surface area contributed by atoms with Crippen LogP contribution in [0.5, 0.6) is 0 Å². The monoisotopic (exact) mass is 451 g/mol. The van der Waals surface area contributed by atoms with Crippen LogP contribution in [-0.4, -0.2) is 37.0 Å². The first-order valence-corrected chi connectivity index (χ1v) is 11.5. The Hall–Kier alpha value is -4.07. The van der Waals surface area contributed by atoms with Gasteiger partial charge in [-0.05, 0) is 54.8 Å². The third kappa shape index (κ3) is 3.81. The molecule has 2 aliphatic rings. The molecule has 1 aliphatic heterocycles. The van der Waals surface area contributed by atoms with Gasteiger partial charge in [0.05, 0.1) is 17.6 Å². The van der Waals surface area contributed by atoms with Crippen molar-refractivity contribution >= 4 is 17.5 Å². The van der Waals surface area contributed by atoms with Gasteiger partial charge in [-0.3, -0.25) is 4.79 Å². The molecular weight excluding hydrogens is 426 g/mol. The Kier molecular flexibility index (Phi) is 4.69. The lowest BCUT2D eigenvalue weighted by atomic mass is 9.79. The Morgan fingerprint density at radius 3 is 2.68 bits per heavy atom. The first-order valence-electron chi connectivity index (χ1n) is 11.5. The Morgan fingerprint density at radius 1 is 1.06 bits per heavy atom. The van der Waals surface area contributed by atoms with Crippen LogP contribution in [0.15, 0.2) is 61.3 Å². The van der Waals surface area contributed by atoms with Gasteiger partial charge in [0.15, 0.2) is 5.82 Å². The minimum atomic E-state index is -0.171. The highest BCUT2D eigenvalue weighted by atomic mass is 16.1. The van der Waals surface area contributed by atoms with Crippen LogP contribution >= 0.6 is 0 Å². The maximum absolute atomic E-state index is 12.2. The molecule has 6 rings (SSSR count). The molecule has 0 spiro atoms. The summed E-state index contributed by atoms with van der Waals surface area (Å²) in [5.74, 6) is 2.47. The standard InChI is InChI=1S/C26H25N7O/c1-26(2)14-29-25(34)19-12-28-23(11-20(19)26)31-22-9-10-27-24(32-22)17-5-7-18(8-6-17)33-13-21(30-15-33)16-3-4-16/h5-13,15-16H,3-4,14H2,1-2H3,(H,29,34)(H,27,28,31,32). The maximum Gasteiger partial charge on any atom is 0.253 e. The van der Waals surface area contributed by atoms with Gasteiger partial charge in [0, 0.05) is 47.7 Å². The summed E-state index contributed by atoms with van der Waals surface area (Å²) in [5.41, 5.74) is 4.57. The molecule has 34 heavy (non-hydrogen) atoms. The van der Waals surface area contributed by atoms with Crippen LogP contribution in [0.2, 0.25) is 0 Å². The van der Waals surface area contributed by atoms with Crippen molar-refractivity contribution in [1.29, 1.82) is 0 Å². The first-order chi connectivity index (χ1) is 16.5. The number of hydrogen-bond donors (Lipinski definition) is 2. The van der Waals surface area contributed by atoms with Crippen LogP contribution in [0.25, 0.3) is 17.1 Å². The molecule has 1 saturated carbocycles. The van der Waals surface area contributed by atoms with Crippen molar-refractivity contribution in [2.24, 2.45) is 0 Å². The summed E-state index contributed by atoms with van der Waals surface area (Å²) in [6.45, 7) is 4.81. The summed E-state index contributed by atoms with van der Waals surface area (Å²) in [7, 11) is 0. The predicted octanol–water partition coefficient (Wildman–Crippen LogP) is 4.37. The van der Waals surface area contributed by atoms with Gasteiger partial charge in [0.2, 0.25) is 0 Å². The molecule has 2 N–H and O–H groups in total. The van der Waals surface area contributed by atoms with E-state index in [-0.39, 0.29) is 11.3 Å². The van der Waals surface area contributed by atoms with Crippen molar-refractivity contribution in [2.75, 3.05) is 11.9 Å². The SMILES string of the molecule is CC1(C)CNC(=O)c2cnc(Nc3ccnc(-c4ccc(-n5cnc(C6CC6)c5)cc4)n3)cc21. The number of nitrogens with zero attached hydrogens (tertiary/aromatic N) is 5. The van der Waals surface area contributed by atoms with Gasteiger partial charge >= 0.3 is 0 Å². The topological polar surface area (TPSA) is 97.6 Å². The third-order valence-corrected chi connectivity index (χ3v) is 6.50. The summed E-state index contributed by atoms with van der Waals surface area (Å²) in [6.07, 6.45) is 9.83. The average molecular weight is 452 g/mol. The molecule has 1 amide bonds.